The van der Waals surface area contributed by atoms with Gasteiger partial charge in [0.05, 0.1) is 10.6 Å². The molecule has 0 N–H and O–H groups in total. The van der Waals surface area contributed by atoms with E-state index in [2.05, 4.69) is 0 Å². The normalized spacial score (nSPS) is 17.2. The Balaban J connectivity index is 1.86. The molecule has 0 aliphatic carbocycles. The molecule has 4 heteroatoms. The maximum atomic E-state index is 12.5. The highest BCUT2D eigenvalue weighted by molar-refractivity contribution is 8.18. The molecule has 0 radical (unpaired) electrons. The molecule has 0 aromatic heterocycles. The van der Waals surface area contributed by atoms with E-state index >= 15 is 0 Å². The molecule has 114 valence electrons. The number of para-hydroxylation sites is 1. The summed E-state index contributed by atoms with van der Waals surface area (Å²) in [5.41, 5.74) is 2.58. The summed E-state index contributed by atoms with van der Waals surface area (Å²) in [5.74, 6) is -0.271. The number of carbonyl (C=O) groups is 2. The van der Waals surface area contributed by atoms with E-state index in [1.54, 1.807) is 18.2 Å². The second kappa shape index (κ2) is 6.67. The number of carbonyl (C=O) groups excluding carboxylic acids is 2. The first-order chi connectivity index (χ1) is 11.1. The highest BCUT2D eigenvalue weighted by atomic mass is 32.2. The molecule has 0 unspecified atom stereocenters. The third kappa shape index (κ3) is 3.43. The van der Waals surface area contributed by atoms with E-state index < -0.39 is 0 Å². The summed E-state index contributed by atoms with van der Waals surface area (Å²) >= 11 is 0.973. The number of allylic oxidation sites excluding steroid dienone is 2. The van der Waals surface area contributed by atoms with Gasteiger partial charge in [-0.25, -0.2) is 4.90 Å². The quantitative estimate of drug-likeness (QED) is 0.757. The van der Waals surface area contributed by atoms with Gasteiger partial charge in [-0.1, -0.05) is 54.6 Å². The zero-order valence-corrected chi connectivity index (χ0v) is 13.4. The Morgan fingerprint density at radius 2 is 1.57 bits per heavy atom. The molecule has 1 aliphatic heterocycles. The van der Waals surface area contributed by atoms with Gasteiger partial charge in [0, 0.05) is 0 Å². The van der Waals surface area contributed by atoms with Crippen LogP contribution in [0.15, 0.2) is 77.2 Å². The van der Waals surface area contributed by atoms with E-state index in [4.69, 9.17) is 0 Å². The molecule has 0 atom stereocenters. The summed E-state index contributed by atoms with van der Waals surface area (Å²) in [6.07, 6.45) is 3.75. The molecular weight excluding hydrogens is 306 g/mol. The number of rotatable bonds is 3. The molecular formula is C19H15NO2S. The zero-order chi connectivity index (χ0) is 16.2. The Bertz CT molecular complexity index is 795. The summed E-state index contributed by atoms with van der Waals surface area (Å²) in [4.78, 5) is 26.3. The Labute approximate surface area is 139 Å². The van der Waals surface area contributed by atoms with Gasteiger partial charge in [-0.2, -0.15) is 0 Å². The minimum Gasteiger partial charge on any atom is -0.268 e. The van der Waals surface area contributed by atoms with Crippen molar-refractivity contribution >= 4 is 34.7 Å². The van der Waals surface area contributed by atoms with Crippen molar-refractivity contribution in [1.82, 2.24) is 0 Å². The van der Waals surface area contributed by atoms with E-state index in [1.807, 2.05) is 61.5 Å². The van der Waals surface area contributed by atoms with E-state index in [-0.39, 0.29) is 11.1 Å². The van der Waals surface area contributed by atoms with Gasteiger partial charge in [-0.15, -0.1) is 0 Å². The van der Waals surface area contributed by atoms with Crippen LogP contribution in [0.25, 0.3) is 6.08 Å². The highest BCUT2D eigenvalue weighted by Crippen LogP contribution is 2.35. The number of amides is 2. The monoisotopic (exact) mass is 321 g/mol. The molecule has 2 aromatic rings. The summed E-state index contributed by atoms with van der Waals surface area (Å²) in [5, 5.41) is -0.264. The lowest BCUT2D eigenvalue weighted by Crippen LogP contribution is -2.27. The lowest BCUT2D eigenvalue weighted by Gasteiger charge is -2.11. The van der Waals surface area contributed by atoms with Crippen molar-refractivity contribution in [1.29, 1.82) is 0 Å². The smallest absolute Gasteiger partial charge is 0.268 e. The van der Waals surface area contributed by atoms with Gasteiger partial charge in [-0.3, -0.25) is 9.59 Å². The Morgan fingerprint density at radius 3 is 2.22 bits per heavy atom. The van der Waals surface area contributed by atoms with Crippen molar-refractivity contribution in [2.24, 2.45) is 0 Å². The molecule has 1 saturated heterocycles. The molecule has 1 fully saturated rings. The lowest BCUT2D eigenvalue weighted by atomic mass is 10.1. The number of imide groups is 1. The van der Waals surface area contributed by atoms with Crippen molar-refractivity contribution in [2.75, 3.05) is 4.90 Å². The van der Waals surface area contributed by atoms with Crippen LogP contribution in [0.1, 0.15) is 12.5 Å². The average Bonchev–Trinajstić information content (AvgIpc) is 2.83. The van der Waals surface area contributed by atoms with Crippen molar-refractivity contribution < 1.29 is 9.59 Å². The Hall–Kier alpha value is -2.59. The van der Waals surface area contributed by atoms with Gasteiger partial charge in [0.15, 0.2) is 0 Å². The molecule has 0 spiro atoms. The van der Waals surface area contributed by atoms with Crippen LogP contribution in [0.5, 0.6) is 0 Å². The fourth-order valence-corrected chi connectivity index (χ4v) is 3.22. The maximum absolute atomic E-state index is 12.5. The van der Waals surface area contributed by atoms with Crippen LogP contribution in [-0.2, 0) is 4.79 Å². The SMILES string of the molecule is CC(=Cc1ccccc1)/C=C1/SC(=O)N(c2ccccc2)C1=O. The molecule has 23 heavy (non-hydrogen) atoms. The minimum atomic E-state index is -0.271. The largest absolute Gasteiger partial charge is 0.298 e. The van der Waals surface area contributed by atoms with Gasteiger partial charge in [0.1, 0.15) is 0 Å². The topological polar surface area (TPSA) is 37.4 Å². The molecule has 0 saturated carbocycles. The lowest BCUT2D eigenvalue weighted by molar-refractivity contribution is -0.113. The molecule has 0 bridgehead atoms. The van der Waals surface area contributed by atoms with Crippen molar-refractivity contribution in [3.8, 4) is 0 Å². The van der Waals surface area contributed by atoms with Crippen molar-refractivity contribution in [2.45, 2.75) is 6.92 Å². The van der Waals surface area contributed by atoms with E-state index in [0.29, 0.717) is 10.6 Å². The third-order valence-corrected chi connectivity index (χ3v) is 4.23. The molecule has 1 aliphatic rings. The fraction of sp³-hybridized carbons (Fsp3) is 0.0526. The Morgan fingerprint density at radius 1 is 0.957 bits per heavy atom. The van der Waals surface area contributed by atoms with Gasteiger partial charge in [0.25, 0.3) is 11.1 Å². The van der Waals surface area contributed by atoms with Gasteiger partial charge in [-0.05, 0) is 48.0 Å². The zero-order valence-electron chi connectivity index (χ0n) is 12.6. The highest BCUT2D eigenvalue weighted by Gasteiger charge is 2.36. The van der Waals surface area contributed by atoms with Crippen molar-refractivity contribution in [3.63, 3.8) is 0 Å². The first-order valence-corrected chi connectivity index (χ1v) is 8.03. The number of benzene rings is 2. The van der Waals surface area contributed by atoms with Crippen LogP contribution in [0.4, 0.5) is 10.5 Å². The number of nitrogens with zero attached hydrogens (tertiary/aromatic N) is 1. The summed E-state index contributed by atoms with van der Waals surface area (Å²) in [7, 11) is 0. The summed E-state index contributed by atoms with van der Waals surface area (Å²) in [6.45, 7) is 1.92. The van der Waals surface area contributed by atoms with Crippen LogP contribution in [-0.4, -0.2) is 11.1 Å². The van der Waals surface area contributed by atoms with E-state index in [1.165, 1.54) is 4.90 Å². The average molecular weight is 321 g/mol. The summed E-state index contributed by atoms with van der Waals surface area (Å²) < 4.78 is 0. The minimum absolute atomic E-state index is 0.264. The second-order valence-corrected chi connectivity index (χ2v) is 6.14. The fourth-order valence-electron chi connectivity index (χ4n) is 2.33. The molecule has 3 nitrogen and oxygen atoms in total. The van der Waals surface area contributed by atoms with Crippen LogP contribution < -0.4 is 4.90 Å². The number of anilines is 1. The van der Waals surface area contributed by atoms with Gasteiger partial charge >= 0.3 is 0 Å². The van der Waals surface area contributed by atoms with E-state index in [0.717, 1.165) is 22.9 Å². The number of hydrogen-bond acceptors (Lipinski definition) is 3. The molecule has 1 heterocycles. The second-order valence-electron chi connectivity index (χ2n) is 5.15. The van der Waals surface area contributed by atoms with Crippen LogP contribution >= 0.6 is 11.8 Å². The van der Waals surface area contributed by atoms with Crippen LogP contribution in [0, 0.1) is 0 Å². The number of thioether (sulfide) groups is 1. The maximum Gasteiger partial charge on any atom is 0.298 e. The first-order valence-electron chi connectivity index (χ1n) is 7.21. The predicted octanol–water partition coefficient (Wildman–Crippen LogP) is 4.87. The van der Waals surface area contributed by atoms with E-state index in [9.17, 15) is 9.59 Å². The van der Waals surface area contributed by atoms with Gasteiger partial charge in [0.2, 0.25) is 0 Å². The summed E-state index contributed by atoms with van der Waals surface area (Å²) in [6, 6.07) is 18.8. The third-order valence-electron chi connectivity index (χ3n) is 3.36. The van der Waals surface area contributed by atoms with Gasteiger partial charge < -0.3 is 0 Å². The first kappa shape index (κ1) is 15.3. The standard InChI is InChI=1S/C19H15NO2S/c1-14(12-15-8-4-2-5-9-15)13-17-18(21)20(19(22)23-17)16-10-6-3-7-11-16/h2-13H,1H3/b14-12?,17-13+. The molecule has 2 amide bonds. The predicted molar refractivity (Wildman–Crippen MR) is 95.1 cm³/mol. The molecule has 2 aromatic carbocycles. The molecule has 3 rings (SSSR count). The van der Waals surface area contributed by atoms with Crippen LogP contribution in [0.3, 0.4) is 0 Å². The van der Waals surface area contributed by atoms with Crippen molar-refractivity contribution in [3.05, 3.63) is 82.8 Å². The van der Waals surface area contributed by atoms with Crippen LogP contribution in [0.2, 0.25) is 0 Å². The number of hydrogen-bond donors (Lipinski definition) is 0. The Kier molecular flexibility index (Phi) is 4.44.